The molecule has 7 heteroatoms. The molecule has 0 aliphatic heterocycles. The third kappa shape index (κ3) is 4.24. The van der Waals surface area contributed by atoms with Gasteiger partial charge >= 0.3 is 6.03 Å². The Morgan fingerprint density at radius 1 is 1.43 bits per heavy atom. The maximum absolute atomic E-state index is 11.8. The quantitative estimate of drug-likeness (QED) is 0.789. The zero-order valence-corrected chi connectivity index (χ0v) is 12.8. The molecule has 0 saturated heterocycles. The average molecular weight is 306 g/mol. The van der Waals surface area contributed by atoms with E-state index in [9.17, 15) is 9.90 Å². The first-order chi connectivity index (χ1) is 10.0. The van der Waals surface area contributed by atoms with Crippen molar-refractivity contribution in [3.63, 3.8) is 0 Å². The minimum absolute atomic E-state index is 0.118. The second-order valence-corrected chi connectivity index (χ2v) is 5.75. The van der Waals surface area contributed by atoms with Crippen LogP contribution in [0, 0.1) is 0 Å². The normalized spacial score (nSPS) is 13.5. The molecule has 0 aliphatic rings. The summed E-state index contributed by atoms with van der Waals surface area (Å²) in [6.45, 7) is 3.74. The van der Waals surface area contributed by atoms with E-state index in [0.29, 0.717) is 5.69 Å². The maximum atomic E-state index is 11.8. The van der Waals surface area contributed by atoms with E-state index in [1.807, 2.05) is 24.4 Å². The summed E-state index contributed by atoms with van der Waals surface area (Å²) in [7, 11) is 0. The van der Waals surface area contributed by atoms with Crippen LogP contribution in [0.25, 0.3) is 0 Å². The fraction of sp³-hybridized carbons (Fsp3) is 0.357. The highest BCUT2D eigenvalue weighted by atomic mass is 32.1. The monoisotopic (exact) mass is 306 g/mol. The van der Waals surface area contributed by atoms with Crippen LogP contribution >= 0.6 is 11.3 Å². The molecule has 2 rings (SSSR count). The topological polar surface area (TPSA) is 87.1 Å². The summed E-state index contributed by atoms with van der Waals surface area (Å²) in [6.07, 6.45) is 3.86. The minimum atomic E-state index is -1.09. The Bertz CT molecular complexity index is 582. The third-order valence-corrected chi connectivity index (χ3v) is 4.05. The fourth-order valence-electron chi connectivity index (χ4n) is 1.70. The largest absolute Gasteiger partial charge is 0.383 e. The Morgan fingerprint density at radius 2 is 2.14 bits per heavy atom. The number of nitrogens with zero attached hydrogens (tertiary/aromatic N) is 2. The molecule has 0 aliphatic carbocycles. The molecule has 112 valence electrons. The number of aromatic nitrogens is 2. The van der Waals surface area contributed by atoms with Crippen molar-refractivity contribution >= 4 is 23.1 Å². The Labute approximate surface area is 127 Å². The van der Waals surface area contributed by atoms with Gasteiger partial charge in [0.25, 0.3) is 0 Å². The number of carbonyl (C=O) groups is 1. The smallest absolute Gasteiger partial charge is 0.319 e. The maximum Gasteiger partial charge on any atom is 0.319 e. The summed E-state index contributed by atoms with van der Waals surface area (Å²) in [4.78, 5) is 20.8. The molecule has 0 bridgehead atoms. The molecular formula is C14H18N4O2S. The van der Waals surface area contributed by atoms with Gasteiger partial charge in [-0.1, -0.05) is 13.0 Å². The van der Waals surface area contributed by atoms with Crippen LogP contribution in [0.3, 0.4) is 0 Å². The van der Waals surface area contributed by atoms with Gasteiger partial charge in [-0.25, -0.2) is 14.8 Å². The van der Waals surface area contributed by atoms with Gasteiger partial charge in [-0.2, -0.15) is 0 Å². The van der Waals surface area contributed by atoms with Crippen molar-refractivity contribution in [3.8, 4) is 0 Å². The molecule has 1 atom stereocenters. The summed E-state index contributed by atoms with van der Waals surface area (Å²) in [5.41, 5.74) is -0.575. The Balaban J connectivity index is 1.87. The summed E-state index contributed by atoms with van der Waals surface area (Å²) < 4.78 is 0. The predicted molar refractivity (Wildman–Crippen MR) is 82.3 cm³/mol. The van der Waals surface area contributed by atoms with Gasteiger partial charge in [0, 0.05) is 11.3 Å². The molecule has 0 radical (unpaired) electrons. The lowest BCUT2D eigenvalue weighted by Gasteiger charge is -2.22. The number of rotatable bonds is 5. The van der Waals surface area contributed by atoms with E-state index < -0.39 is 11.6 Å². The van der Waals surface area contributed by atoms with E-state index in [1.165, 1.54) is 11.3 Å². The van der Waals surface area contributed by atoms with Crippen molar-refractivity contribution in [1.82, 2.24) is 15.3 Å². The molecule has 2 aromatic heterocycles. The standard InChI is InChI=1S/C14H18N4O2S/c1-3-12-15-7-10(8-16-12)18-13(19)17-9-14(2,20)11-5-4-6-21-11/h4-8,20H,3,9H2,1-2H3,(H2,17,18,19). The lowest BCUT2D eigenvalue weighted by atomic mass is 10.1. The minimum Gasteiger partial charge on any atom is -0.383 e. The summed E-state index contributed by atoms with van der Waals surface area (Å²) in [5, 5.41) is 17.5. The van der Waals surface area contributed by atoms with Crippen LogP contribution in [-0.2, 0) is 12.0 Å². The van der Waals surface area contributed by atoms with Crippen LogP contribution in [0.5, 0.6) is 0 Å². The van der Waals surface area contributed by atoms with Crippen molar-refractivity contribution in [2.24, 2.45) is 0 Å². The van der Waals surface area contributed by atoms with Crippen molar-refractivity contribution in [3.05, 3.63) is 40.6 Å². The van der Waals surface area contributed by atoms with E-state index >= 15 is 0 Å². The summed E-state index contributed by atoms with van der Waals surface area (Å²) in [5.74, 6) is 0.724. The molecule has 1 unspecified atom stereocenters. The SMILES string of the molecule is CCc1ncc(NC(=O)NCC(C)(O)c2cccs2)cn1. The van der Waals surface area contributed by atoms with Crippen LogP contribution in [0.4, 0.5) is 10.5 Å². The van der Waals surface area contributed by atoms with E-state index in [2.05, 4.69) is 20.6 Å². The van der Waals surface area contributed by atoms with Crippen molar-refractivity contribution in [2.45, 2.75) is 25.9 Å². The number of urea groups is 1. The van der Waals surface area contributed by atoms with E-state index in [-0.39, 0.29) is 6.54 Å². The Hall–Kier alpha value is -1.99. The summed E-state index contributed by atoms with van der Waals surface area (Å²) >= 11 is 1.45. The van der Waals surface area contributed by atoms with Gasteiger partial charge in [0.05, 0.1) is 24.6 Å². The number of hydrogen-bond acceptors (Lipinski definition) is 5. The van der Waals surface area contributed by atoms with Crippen molar-refractivity contribution < 1.29 is 9.90 Å². The molecule has 2 heterocycles. The van der Waals surface area contributed by atoms with Gasteiger partial charge in [-0.05, 0) is 18.4 Å². The zero-order valence-electron chi connectivity index (χ0n) is 12.0. The molecule has 3 N–H and O–H groups in total. The first-order valence-electron chi connectivity index (χ1n) is 6.63. The predicted octanol–water partition coefficient (Wildman–Crippen LogP) is 2.13. The van der Waals surface area contributed by atoms with E-state index in [0.717, 1.165) is 17.1 Å². The second-order valence-electron chi connectivity index (χ2n) is 4.80. The third-order valence-electron chi connectivity index (χ3n) is 2.92. The van der Waals surface area contributed by atoms with Crippen molar-refractivity contribution in [1.29, 1.82) is 0 Å². The molecular weight excluding hydrogens is 288 g/mol. The number of nitrogens with one attached hydrogen (secondary N) is 2. The molecule has 0 saturated carbocycles. The Kier molecular flexibility index (Phi) is 4.87. The molecule has 0 spiro atoms. The lowest BCUT2D eigenvalue weighted by Crippen LogP contribution is -2.40. The summed E-state index contributed by atoms with van der Waals surface area (Å²) in [6, 6.07) is 3.29. The fourth-order valence-corrected chi connectivity index (χ4v) is 2.49. The number of carbonyl (C=O) groups excluding carboxylic acids is 1. The van der Waals surface area contributed by atoms with Crippen LogP contribution in [0.1, 0.15) is 24.5 Å². The first-order valence-corrected chi connectivity index (χ1v) is 7.51. The van der Waals surface area contributed by atoms with E-state index in [1.54, 1.807) is 19.3 Å². The van der Waals surface area contributed by atoms with Gasteiger partial charge < -0.3 is 15.7 Å². The molecule has 6 nitrogen and oxygen atoms in total. The molecule has 21 heavy (non-hydrogen) atoms. The second kappa shape index (κ2) is 6.64. The van der Waals surface area contributed by atoms with E-state index in [4.69, 9.17) is 0 Å². The van der Waals surface area contributed by atoms with Gasteiger partial charge in [0.2, 0.25) is 0 Å². The number of aliphatic hydroxyl groups is 1. The zero-order chi connectivity index (χ0) is 15.3. The van der Waals surface area contributed by atoms with Crippen LogP contribution in [0.15, 0.2) is 29.9 Å². The lowest BCUT2D eigenvalue weighted by molar-refractivity contribution is 0.0637. The highest BCUT2D eigenvalue weighted by molar-refractivity contribution is 7.10. The van der Waals surface area contributed by atoms with Gasteiger partial charge in [0.15, 0.2) is 0 Å². The van der Waals surface area contributed by atoms with Crippen LogP contribution in [0.2, 0.25) is 0 Å². The number of aryl methyl sites for hydroxylation is 1. The van der Waals surface area contributed by atoms with Gasteiger partial charge in [-0.15, -0.1) is 11.3 Å². The van der Waals surface area contributed by atoms with Crippen LogP contribution in [-0.4, -0.2) is 27.7 Å². The molecule has 2 aromatic rings. The number of anilines is 1. The first kappa shape index (κ1) is 15.4. The van der Waals surface area contributed by atoms with Gasteiger partial charge in [-0.3, -0.25) is 0 Å². The van der Waals surface area contributed by atoms with Gasteiger partial charge in [0.1, 0.15) is 11.4 Å². The highest BCUT2D eigenvalue weighted by Crippen LogP contribution is 2.24. The molecule has 0 fully saturated rings. The number of hydrogen-bond donors (Lipinski definition) is 3. The van der Waals surface area contributed by atoms with Crippen molar-refractivity contribution in [2.75, 3.05) is 11.9 Å². The molecule has 2 amide bonds. The van der Waals surface area contributed by atoms with Crippen LogP contribution < -0.4 is 10.6 Å². The molecule has 0 aromatic carbocycles. The highest BCUT2D eigenvalue weighted by Gasteiger charge is 2.24. The number of amides is 2. The average Bonchev–Trinajstić information content (AvgIpc) is 3.01. The Morgan fingerprint density at radius 3 is 2.71 bits per heavy atom. The number of thiophene rings is 1.